The van der Waals surface area contributed by atoms with E-state index in [1.54, 1.807) is 0 Å². The highest BCUT2D eigenvalue weighted by Crippen LogP contribution is 2.27. The fraction of sp³-hybridized carbons (Fsp3) is 0.500. The SMILES string of the molecule is C[C@H](Cc1c(Cc2ccc(OCCNCCCF)nc2)[nH]c2ccccc12)NCC1(F)COC1. The summed E-state index contributed by atoms with van der Waals surface area (Å²) in [6, 6.07) is 12.3. The Labute approximate surface area is 199 Å². The van der Waals surface area contributed by atoms with Crippen molar-refractivity contribution in [3.8, 4) is 5.88 Å². The molecule has 0 amide bonds. The maximum Gasteiger partial charge on any atom is 0.213 e. The van der Waals surface area contributed by atoms with Crippen molar-refractivity contribution in [2.24, 2.45) is 0 Å². The zero-order valence-corrected chi connectivity index (χ0v) is 19.7. The minimum Gasteiger partial charge on any atom is -0.476 e. The average Bonchev–Trinajstić information content (AvgIpc) is 3.16. The second kappa shape index (κ2) is 11.7. The van der Waals surface area contributed by atoms with Gasteiger partial charge in [-0.1, -0.05) is 24.3 Å². The maximum absolute atomic E-state index is 14.3. The van der Waals surface area contributed by atoms with E-state index in [0.717, 1.165) is 29.6 Å². The van der Waals surface area contributed by atoms with Crippen molar-refractivity contribution in [1.82, 2.24) is 20.6 Å². The molecule has 8 heteroatoms. The van der Waals surface area contributed by atoms with E-state index in [1.165, 1.54) is 10.9 Å². The number of ether oxygens (including phenoxy) is 2. The van der Waals surface area contributed by atoms with Crippen LogP contribution in [0.15, 0.2) is 42.6 Å². The minimum absolute atomic E-state index is 0.124. The quantitative estimate of drug-likeness (QED) is 0.312. The van der Waals surface area contributed by atoms with Crippen LogP contribution in [0.2, 0.25) is 0 Å². The van der Waals surface area contributed by atoms with Crippen LogP contribution in [0.5, 0.6) is 5.88 Å². The molecule has 0 saturated carbocycles. The fourth-order valence-electron chi connectivity index (χ4n) is 4.15. The number of benzene rings is 1. The Balaban J connectivity index is 1.37. The van der Waals surface area contributed by atoms with E-state index >= 15 is 0 Å². The van der Waals surface area contributed by atoms with Crippen molar-refractivity contribution in [3.05, 3.63) is 59.4 Å². The highest BCUT2D eigenvalue weighted by molar-refractivity contribution is 5.84. The number of alkyl halides is 2. The molecule has 1 aliphatic heterocycles. The lowest BCUT2D eigenvalue weighted by atomic mass is 9.99. The topological polar surface area (TPSA) is 71.2 Å². The van der Waals surface area contributed by atoms with Gasteiger partial charge in [-0.25, -0.2) is 9.37 Å². The molecule has 1 atom stereocenters. The standard InChI is InChI=1S/C26H34F2N4O2/c1-19(31-16-26(28)17-33-18-26)13-22-21-5-2-3-6-23(21)32-24(22)14-20-7-8-25(30-15-20)34-12-11-29-10-4-9-27/h2-3,5-8,15,19,29,31-32H,4,9-14,16-18H2,1H3/t19-/m1/s1. The molecule has 1 aromatic carbocycles. The molecular formula is C26H34F2N4O2. The molecular weight excluding hydrogens is 438 g/mol. The van der Waals surface area contributed by atoms with Gasteiger partial charge in [0, 0.05) is 54.4 Å². The van der Waals surface area contributed by atoms with Crippen molar-refractivity contribution in [2.45, 2.75) is 37.9 Å². The number of aromatic amines is 1. The summed E-state index contributed by atoms with van der Waals surface area (Å²) in [5.74, 6) is 0.575. The summed E-state index contributed by atoms with van der Waals surface area (Å²) in [4.78, 5) is 8.01. The Morgan fingerprint density at radius 1 is 1.21 bits per heavy atom. The van der Waals surface area contributed by atoms with E-state index in [2.05, 4.69) is 39.7 Å². The van der Waals surface area contributed by atoms with Gasteiger partial charge in [0.1, 0.15) is 6.61 Å². The van der Waals surface area contributed by atoms with Crippen LogP contribution in [0, 0.1) is 0 Å². The van der Waals surface area contributed by atoms with Crippen LogP contribution in [0.1, 0.15) is 30.2 Å². The third-order valence-electron chi connectivity index (χ3n) is 6.10. The Morgan fingerprint density at radius 3 is 2.79 bits per heavy atom. The number of rotatable bonds is 14. The first kappa shape index (κ1) is 24.6. The third-order valence-corrected chi connectivity index (χ3v) is 6.10. The van der Waals surface area contributed by atoms with Crippen molar-refractivity contribution >= 4 is 10.9 Å². The molecule has 6 nitrogen and oxygen atoms in total. The molecule has 0 bridgehead atoms. The van der Waals surface area contributed by atoms with Gasteiger partial charge < -0.3 is 25.1 Å². The molecule has 3 aromatic rings. The molecule has 1 aliphatic rings. The zero-order valence-electron chi connectivity index (χ0n) is 19.7. The molecule has 2 aromatic heterocycles. The van der Waals surface area contributed by atoms with E-state index in [0.29, 0.717) is 38.5 Å². The minimum atomic E-state index is -1.24. The number of fused-ring (bicyclic) bond motifs is 1. The second-order valence-electron chi connectivity index (χ2n) is 9.08. The van der Waals surface area contributed by atoms with Gasteiger partial charge in [-0.05, 0) is 43.5 Å². The first-order chi connectivity index (χ1) is 16.6. The monoisotopic (exact) mass is 472 g/mol. The summed E-state index contributed by atoms with van der Waals surface area (Å²) in [6.45, 7) is 4.24. The summed E-state index contributed by atoms with van der Waals surface area (Å²) in [5, 5.41) is 7.67. The largest absolute Gasteiger partial charge is 0.476 e. The predicted molar refractivity (Wildman–Crippen MR) is 130 cm³/mol. The molecule has 4 rings (SSSR count). The number of hydrogen-bond acceptors (Lipinski definition) is 5. The molecule has 0 spiro atoms. The average molecular weight is 473 g/mol. The summed E-state index contributed by atoms with van der Waals surface area (Å²) < 4.78 is 37.1. The lowest BCUT2D eigenvalue weighted by molar-refractivity contribution is -0.127. The molecule has 0 aliphatic carbocycles. The van der Waals surface area contributed by atoms with E-state index in [1.807, 2.05) is 30.5 Å². The Bertz CT molecular complexity index is 1040. The van der Waals surface area contributed by atoms with Crippen molar-refractivity contribution < 1.29 is 18.3 Å². The summed E-state index contributed by atoms with van der Waals surface area (Å²) >= 11 is 0. The lowest BCUT2D eigenvalue weighted by Crippen LogP contribution is -2.54. The van der Waals surface area contributed by atoms with Gasteiger partial charge in [0.15, 0.2) is 5.67 Å². The summed E-state index contributed by atoms with van der Waals surface area (Å²) in [5.41, 5.74) is 3.33. The van der Waals surface area contributed by atoms with Crippen molar-refractivity contribution in [2.75, 3.05) is 46.1 Å². The van der Waals surface area contributed by atoms with Gasteiger partial charge >= 0.3 is 0 Å². The Morgan fingerprint density at radius 2 is 2.06 bits per heavy atom. The normalized spacial score (nSPS) is 15.9. The molecule has 1 saturated heterocycles. The van der Waals surface area contributed by atoms with Crippen molar-refractivity contribution in [3.63, 3.8) is 0 Å². The van der Waals surface area contributed by atoms with E-state index in [4.69, 9.17) is 9.47 Å². The van der Waals surface area contributed by atoms with Crippen LogP contribution < -0.4 is 15.4 Å². The van der Waals surface area contributed by atoms with Crippen LogP contribution in [0.25, 0.3) is 10.9 Å². The maximum atomic E-state index is 14.3. The number of halogens is 2. The smallest absolute Gasteiger partial charge is 0.213 e. The van der Waals surface area contributed by atoms with Gasteiger partial charge in [0.25, 0.3) is 0 Å². The number of nitrogens with zero attached hydrogens (tertiary/aromatic N) is 1. The number of hydrogen-bond donors (Lipinski definition) is 3. The molecule has 0 radical (unpaired) electrons. The molecule has 1 fully saturated rings. The summed E-state index contributed by atoms with van der Waals surface area (Å²) in [7, 11) is 0. The van der Waals surface area contributed by atoms with Gasteiger partial charge in [-0.2, -0.15) is 0 Å². The van der Waals surface area contributed by atoms with Crippen LogP contribution in [-0.4, -0.2) is 67.8 Å². The van der Waals surface area contributed by atoms with E-state index in [9.17, 15) is 8.78 Å². The van der Waals surface area contributed by atoms with E-state index < -0.39 is 5.67 Å². The first-order valence-corrected chi connectivity index (χ1v) is 12.0. The second-order valence-corrected chi connectivity index (χ2v) is 9.08. The van der Waals surface area contributed by atoms with E-state index in [-0.39, 0.29) is 25.9 Å². The van der Waals surface area contributed by atoms with Gasteiger partial charge in [-0.3, -0.25) is 4.39 Å². The predicted octanol–water partition coefficient (Wildman–Crippen LogP) is 3.74. The first-order valence-electron chi connectivity index (χ1n) is 12.0. The van der Waals surface area contributed by atoms with Crippen LogP contribution >= 0.6 is 0 Å². The molecule has 184 valence electrons. The van der Waals surface area contributed by atoms with Crippen molar-refractivity contribution in [1.29, 1.82) is 0 Å². The summed E-state index contributed by atoms with van der Waals surface area (Å²) in [6.07, 6.45) is 3.87. The Hall–Kier alpha value is -2.55. The molecule has 3 heterocycles. The zero-order chi connectivity index (χ0) is 23.8. The van der Waals surface area contributed by atoms with Gasteiger partial charge in [-0.15, -0.1) is 0 Å². The number of aromatic nitrogens is 2. The fourth-order valence-corrected chi connectivity index (χ4v) is 4.15. The highest BCUT2D eigenvalue weighted by atomic mass is 19.1. The van der Waals surface area contributed by atoms with Gasteiger partial charge in [0.2, 0.25) is 5.88 Å². The van der Waals surface area contributed by atoms with Gasteiger partial charge in [0.05, 0.1) is 19.9 Å². The van der Waals surface area contributed by atoms with Crippen LogP contribution in [-0.2, 0) is 17.6 Å². The molecule has 34 heavy (non-hydrogen) atoms. The Kier molecular flexibility index (Phi) is 8.48. The number of H-pyrrole nitrogens is 1. The lowest BCUT2D eigenvalue weighted by Gasteiger charge is -2.34. The number of para-hydroxylation sites is 1. The van der Waals surface area contributed by atoms with Crippen LogP contribution in [0.3, 0.4) is 0 Å². The number of pyridine rings is 1. The third kappa shape index (κ3) is 6.52. The number of nitrogens with one attached hydrogen (secondary N) is 3. The highest BCUT2D eigenvalue weighted by Gasteiger charge is 2.38. The molecule has 3 N–H and O–H groups in total. The molecule has 0 unspecified atom stereocenters. The van der Waals surface area contributed by atoms with Crippen LogP contribution in [0.4, 0.5) is 8.78 Å².